The van der Waals surface area contributed by atoms with E-state index in [4.69, 9.17) is 32.7 Å². The lowest BCUT2D eigenvalue weighted by molar-refractivity contribution is -0.385. The Bertz CT molecular complexity index is 917. The molecule has 124 valence electrons. The van der Waals surface area contributed by atoms with Crippen molar-refractivity contribution in [3.05, 3.63) is 44.4 Å². The third-order valence-corrected chi connectivity index (χ3v) is 4.18. The fourth-order valence-corrected chi connectivity index (χ4v) is 2.68. The largest absolute Gasteiger partial charge is 0.493 e. The molecule has 3 rings (SSSR count). The van der Waals surface area contributed by atoms with Crippen LogP contribution in [0.15, 0.2) is 24.3 Å². The number of aromatic amines is 1. The molecule has 24 heavy (non-hydrogen) atoms. The Morgan fingerprint density at radius 3 is 2.46 bits per heavy atom. The predicted molar refractivity (Wildman–Crippen MR) is 91.3 cm³/mol. The maximum absolute atomic E-state index is 11.3. The Labute approximate surface area is 146 Å². The molecule has 0 unspecified atom stereocenters. The van der Waals surface area contributed by atoms with Crippen LogP contribution in [0.4, 0.5) is 5.69 Å². The van der Waals surface area contributed by atoms with E-state index in [9.17, 15) is 10.1 Å². The molecule has 0 saturated heterocycles. The number of benzene rings is 2. The standard InChI is InChI=1S/C15H11Cl2N3O4/c1-23-13-4-7(3-12(20(21)22)14(13)24-2)15-18-10-5-8(16)9(17)6-11(10)19-15/h3-6H,1-2H3,(H,18,19). The van der Waals surface area contributed by atoms with Crippen LogP contribution in [0, 0.1) is 10.1 Å². The van der Waals surface area contributed by atoms with E-state index in [1.54, 1.807) is 18.2 Å². The van der Waals surface area contributed by atoms with Gasteiger partial charge < -0.3 is 14.5 Å². The van der Waals surface area contributed by atoms with Crippen LogP contribution in [0.25, 0.3) is 22.4 Å². The van der Waals surface area contributed by atoms with Gasteiger partial charge in [-0.25, -0.2) is 4.98 Å². The molecule has 1 heterocycles. The second kappa shape index (κ2) is 6.18. The summed E-state index contributed by atoms with van der Waals surface area (Å²) in [6, 6.07) is 6.23. The summed E-state index contributed by atoms with van der Waals surface area (Å²) in [5.74, 6) is 0.707. The van der Waals surface area contributed by atoms with Gasteiger partial charge in [-0.05, 0) is 18.2 Å². The van der Waals surface area contributed by atoms with E-state index in [1.807, 2.05) is 0 Å². The molecular formula is C15H11Cl2N3O4. The Balaban J connectivity index is 2.22. The van der Waals surface area contributed by atoms with Gasteiger partial charge in [-0.3, -0.25) is 10.1 Å². The number of aromatic nitrogens is 2. The zero-order valence-electron chi connectivity index (χ0n) is 12.6. The van der Waals surface area contributed by atoms with E-state index in [0.29, 0.717) is 32.5 Å². The van der Waals surface area contributed by atoms with E-state index in [1.165, 1.54) is 20.3 Å². The first kappa shape index (κ1) is 16.4. The molecule has 0 amide bonds. The number of fused-ring (bicyclic) bond motifs is 1. The third kappa shape index (κ3) is 2.72. The van der Waals surface area contributed by atoms with Crippen LogP contribution in [0.1, 0.15) is 0 Å². The molecule has 0 fully saturated rings. The van der Waals surface area contributed by atoms with E-state index in [0.717, 1.165) is 0 Å². The van der Waals surface area contributed by atoms with E-state index < -0.39 is 4.92 Å². The number of ether oxygens (including phenoxy) is 2. The Morgan fingerprint density at radius 2 is 1.83 bits per heavy atom. The topological polar surface area (TPSA) is 90.3 Å². The highest BCUT2D eigenvalue weighted by atomic mass is 35.5. The van der Waals surface area contributed by atoms with Crippen molar-refractivity contribution in [1.82, 2.24) is 9.97 Å². The number of H-pyrrole nitrogens is 1. The number of nitro groups is 1. The van der Waals surface area contributed by atoms with Crippen molar-refractivity contribution < 1.29 is 14.4 Å². The van der Waals surface area contributed by atoms with Crippen LogP contribution in [-0.2, 0) is 0 Å². The molecule has 2 aromatic carbocycles. The quantitative estimate of drug-likeness (QED) is 0.542. The van der Waals surface area contributed by atoms with Crippen molar-refractivity contribution in [1.29, 1.82) is 0 Å². The molecule has 0 aliphatic carbocycles. The van der Waals surface area contributed by atoms with Gasteiger partial charge in [0, 0.05) is 11.6 Å². The number of halogens is 2. The van der Waals surface area contributed by atoms with Gasteiger partial charge in [0.15, 0.2) is 5.75 Å². The SMILES string of the molecule is COc1cc(-c2nc3cc(Cl)c(Cl)cc3[nH]2)cc([N+](=O)[O-])c1OC. The maximum atomic E-state index is 11.3. The number of hydrogen-bond donors (Lipinski definition) is 1. The highest BCUT2D eigenvalue weighted by molar-refractivity contribution is 6.42. The molecule has 0 bridgehead atoms. The molecule has 0 spiro atoms. The summed E-state index contributed by atoms with van der Waals surface area (Å²) >= 11 is 12.0. The smallest absolute Gasteiger partial charge is 0.315 e. The Morgan fingerprint density at radius 1 is 1.12 bits per heavy atom. The molecule has 7 nitrogen and oxygen atoms in total. The number of imidazole rings is 1. The van der Waals surface area contributed by atoms with Crippen molar-refractivity contribution in [3.8, 4) is 22.9 Å². The summed E-state index contributed by atoms with van der Waals surface area (Å²) in [6.45, 7) is 0. The summed E-state index contributed by atoms with van der Waals surface area (Å²) in [6.07, 6.45) is 0. The Hall–Kier alpha value is -2.51. The molecule has 0 aliphatic heterocycles. The summed E-state index contributed by atoms with van der Waals surface area (Å²) in [5, 5.41) is 12.1. The highest BCUT2D eigenvalue weighted by Gasteiger charge is 2.23. The lowest BCUT2D eigenvalue weighted by atomic mass is 10.1. The van der Waals surface area contributed by atoms with Crippen LogP contribution in [-0.4, -0.2) is 29.1 Å². The number of hydrogen-bond acceptors (Lipinski definition) is 5. The molecule has 0 saturated carbocycles. The number of nitrogens with one attached hydrogen (secondary N) is 1. The minimum absolute atomic E-state index is 0.0495. The average Bonchev–Trinajstić information content (AvgIpc) is 2.96. The summed E-state index contributed by atoms with van der Waals surface area (Å²) in [4.78, 5) is 18.2. The average molecular weight is 368 g/mol. The number of nitrogens with zero attached hydrogens (tertiary/aromatic N) is 2. The molecule has 3 aromatic rings. The first-order valence-electron chi connectivity index (χ1n) is 6.70. The van der Waals surface area contributed by atoms with Crippen LogP contribution >= 0.6 is 23.2 Å². The summed E-state index contributed by atoms with van der Waals surface area (Å²) in [5.41, 5.74) is 1.51. The minimum Gasteiger partial charge on any atom is -0.493 e. The van der Waals surface area contributed by atoms with Gasteiger partial charge in [-0.2, -0.15) is 0 Å². The van der Waals surface area contributed by atoms with Crippen molar-refractivity contribution in [2.75, 3.05) is 14.2 Å². The van der Waals surface area contributed by atoms with E-state index >= 15 is 0 Å². The van der Waals surface area contributed by atoms with Gasteiger partial charge in [0.05, 0.1) is 40.2 Å². The zero-order chi connectivity index (χ0) is 17.4. The second-order valence-corrected chi connectivity index (χ2v) is 5.67. The van der Waals surface area contributed by atoms with Crippen molar-refractivity contribution >= 4 is 39.9 Å². The molecule has 9 heteroatoms. The van der Waals surface area contributed by atoms with Crippen LogP contribution in [0.3, 0.4) is 0 Å². The van der Waals surface area contributed by atoms with Crippen molar-refractivity contribution in [2.45, 2.75) is 0 Å². The van der Waals surface area contributed by atoms with E-state index in [2.05, 4.69) is 9.97 Å². The fraction of sp³-hybridized carbons (Fsp3) is 0.133. The molecule has 0 aliphatic rings. The van der Waals surface area contributed by atoms with Gasteiger partial charge in [0.2, 0.25) is 5.75 Å². The minimum atomic E-state index is -0.540. The van der Waals surface area contributed by atoms with Crippen LogP contribution < -0.4 is 9.47 Å². The Kier molecular flexibility index (Phi) is 4.21. The summed E-state index contributed by atoms with van der Waals surface area (Å²) < 4.78 is 10.3. The number of methoxy groups -OCH3 is 2. The number of rotatable bonds is 4. The lowest BCUT2D eigenvalue weighted by Crippen LogP contribution is -1.98. The first-order valence-corrected chi connectivity index (χ1v) is 7.45. The molecule has 1 aromatic heterocycles. The molecule has 0 radical (unpaired) electrons. The lowest BCUT2D eigenvalue weighted by Gasteiger charge is -2.09. The fourth-order valence-electron chi connectivity index (χ4n) is 2.36. The van der Waals surface area contributed by atoms with Crippen molar-refractivity contribution in [3.63, 3.8) is 0 Å². The van der Waals surface area contributed by atoms with Gasteiger partial charge in [-0.15, -0.1) is 0 Å². The van der Waals surface area contributed by atoms with Crippen molar-refractivity contribution in [2.24, 2.45) is 0 Å². The number of nitro benzene ring substituents is 1. The third-order valence-electron chi connectivity index (χ3n) is 3.45. The first-order chi connectivity index (χ1) is 11.4. The summed E-state index contributed by atoms with van der Waals surface area (Å²) in [7, 11) is 2.75. The predicted octanol–water partition coefficient (Wildman–Crippen LogP) is 4.46. The van der Waals surface area contributed by atoms with E-state index in [-0.39, 0.29) is 17.2 Å². The van der Waals surface area contributed by atoms with Gasteiger partial charge in [0.25, 0.3) is 0 Å². The van der Waals surface area contributed by atoms with Crippen LogP contribution in [0.2, 0.25) is 10.0 Å². The monoisotopic (exact) mass is 367 g/mol. The molecule has 1 N–H and O–H groups in total. The highest BCUT2D eigenvalue weighted by Crippen LogP contribution is 2.40. The van der Waals surface area contributed by atoms with Gasteiger partial charge in [0.1, 0.15) is 5.82 Å². The molecule has 0 atom stereocenters. The van der Waals surface area contributed by atoms with Gasteiger partial charge in [-0.1, -0.05) is 23.2 Å². The van der Waals surface area contributed by atoms with Crippen LogP contribution in [0.5, 0.6) is 11.5 Å². The second-order valence-electron chi connectivity index (χ2n) is 4.86. The zero-order valence-corrected chi connectivity index (χ0v) is 14.1. The molecular weight excluding hydrogens is 357 g/mol. The normalized spacial score (nSPS) is 10.8. The maximum Gasteiger partial charge on any atom is 0.315 e. The van der Waals surface area contributed by atoms with Gasteiger partial charge >= 0.3 is 5.69 Å².